The monoisotopic (exact) mass is 347 g/mol. The molecule has 134 valence electrons. The molecule has 1 aliphatic rings. The molecule has 25 heavy (non-hydrogen) atoms. The molecule has 2 aromatic rings. The standard InChI is InChI=1S/C16H21N5O4/c1-10-9-25-6-5-21(10)4-3-17-14(22)11-7-12-13(18-8-11)20(2)16(24)19-15(12)23/h7-8,10H,3-6,9H2,1-2H3,(H,17,22)(H,19,23,24). The number of pyridine rings is 1. The Bertz CT molecular complexity index is 904. The van der Waals surface area contributed by atoms with Crippen molar-refractivity contribution in [3.63, 3.8) is 0 Å². The van der Waals surface area contributed by atoms with Crippen molar-refractivity contribution >= 4 is 16.9 Å². The summed E-state index contributed by atoms with van der Waals surface area (Å²) in [7, 11) is 1.51. The number of morpholine rings is 1. The van der Waals surface area contributed by atoms with Crippen molar-refractivity contribution in [2.75, 3.05) is 32.8 Å². The van der Waals surface area contributed by atoms with E-state index in [0.717, 1.165) is 13.1 Å². The third-order valence-corrected chi connectivity index (χ3v) is 4.41. The predicted molar refractivity (Wildman–Crippen MR) is 91.8 cm³/mol. The number of aromatic nitrogens is 3. The third kappa shape index (κ3) is 3.62. The second-order valence-electron chi connectivity index (χ2n) is 6.13. The van der Waals surface area contributed by atoms with Crippen LogP contribution in [0.4, 0.5) is 0 Å². The van der Waals surface area contributed by atoms with Crippen LogP contribution in [0.5, 0.6) is 0 Å². The number of fused-ring (bicyclic) bond motifs is 1. The average molecular weight is 347 g/mol. The summed E-state index contributed by atoms with van der Waals surface area (Å²) in [5.41, 5.74) is -0.566. The molecule has 9 nitrogen and oxygen atoms in total. The van der Waals surface area contributed by atoms with E-state index in [0.29, 0.717) is 25.8 Å². The third-order valence-electron chi connectivity index (χ3n) is 4.41. The molecule has 1 fully saturated rings. The van der Waals surface area contributed by atoms with Crippen LogP contribution >= 0.6 is 0 Å². The van der Waals surface area contributed by atoms with Crippen molar-refractivity contribution in [3.05, 3.63) is 38.7 Å². The quantitative estimate of drug-likeness (QED) is 0.740. The van der Waals surface area contributed by atoms with Crippen LogP contribution in [-0.4, -0.2) is 64.2 Å². The number of H-pyrrole nitrogens is 1. The van der Waals surface area contributed by atoms with E-state index in [9.17, 15) is 14.4 Å². The SMILES string of the molecule is CC1COCCN1CCNC(=O)c1cnc2c(c1)c(=O)[nH]c(=O)n2C. The Balaban J connectivity index is 1.70. The minimum absolute atomic E-state index is 0.205. The van der Waals surface area contributed by atoms with Crippen LogP contribution in [0, 0.1) is 0 Å². The van der Waals surface area contributed by atoms with Crippen molar-refractivity contribution in [1.82, 2.24) is 24.8 Å². The minimum Gasteiger partial charge on any atom is -0.379 e. The van der Waals surface area contributed by atoms with Gasteiger partial charge in [-0.05, 0) is 13.0 Å². The lowest BCUT2D eigenvalue weighted by atomic mass is 10.2. The van der Waals surface area contributed by atoms with Crippen molar-refractivity contribution in [2.24, 2.45) is 7.05 Å². The van der Waals surface area contributed by atoms with Gasteiger partial charge in [-0.25, -0.2) is 9.78 Å². The van der Waals surface area contributed by atoms with Crippen LogP contribution in [0.2, 0.25) is 0 Å². The molecule has 0 aromatic carbocycles. The molecule has 1 amide bonds. The van der Waals surface area contributed by atoms with Crippen LogP contribution in [0.25, 0.3) is 11.0 Å². The summed E-state index contributed by atoms with van der Waals surface area (Å²) in [6.45, 7) is 5.55. The first kappa shape index (κ1) is 17.3. The van der Waals surface area contributed by atoms with Crippen LogP contribution in [-0.2, 0) is 11.8 Å². The Hall–Kier alpha value is -2.52. The van der Waals surface area contributed by atoms with E-state index in [4.69, 9.17) is 4.74 Å². The summed E-state index contributed by atoms with van der Waals surface area (Å²) in [5, 5.41) is 3.04. The average Bonchev–Trinajstić information content (AvgIpc) is 2.61. The smallest absolute Gasteiger partial charge is 0.329 e. The first-order valence-electron chi connectivity index (χ1n) is 8.16. The fraction of sp³-hybridized carbons (Fsp3) is 0.500. The second kappa shape index (κ2) is 7.16. The molecule has 2 N–H and O–H groups in total. The molecule has 3 heterocycles. The zero-order chi connectivity index (χ0) is 18.0. The normalized spacial score (nSPS) is 18.4. The molecule has 1 atom stereocenters. The van der Waals surface area contributed by atoms with Gasteiger partial charge in [0.1, 0.15) is 5.65 Å². The molecule has 1 unspecified atom stereocenters. The lowest BCUT2D eigenvalue weighted by Gasteiger charge is -2.33. The number of hydrogen-bond acceptors (Lipinski definition) is 6. The topological polar surface area (TPSA) is 109 Å². The molecule has 9 heteroatoms. The van der Waals surface area contributed by atoms with E-state index in [1.807, 2.05) is 0 Å². The number of nitrogens with zero attached hydrogens (tertiary/aromatic N) is 3. The number of hydrogen-bond donors (Lipinski definition) is 2. The van der Waals surface area contributed by atoms with Crippen molar-refractivity contribution in [2.45, 2.75) is 13.0 Å². The fourth-order valence-electron chi connectivity index (χ4n) is 2.87. The van der Waals surface area contributed by atoms with Crippen LogP contribution in [0.15, 0.2) is 21.9 Å². The van der Waals surface area contributed by atoms with Gasteiger partial charge in [-0.15, -0.1) is 0 Å². The molecule has 0 saturated carbocycles. The van der Waals surface area contributed by atoms with Gasteiger partial charge in [0.15, 0.2) is 0 Å². The first-order chi connectivity index (χ1) is 12.0. The number of amides is 1. The highest BCUT2D eigenvalue weighted by atomic mass is 16.5. The zero-order valence-electron chi connectivity index (χ0n) is 14.2. The largest absolute Gasteiger partial charge is 0.379 e. The van der Waals surface area contributed by atoms with Gasteiger partial charge in [-0.3, -0.25) is 24.0 Å². The summed E-state index contributed by atoms with van der Waals surface area (Å²) in [6, 6.07) is 1.78. The Morgan fingerprint density at radius 2 is 2.28 bits per heavy atom. The molecule has 3 rings (SSSR count). The Morgan fingerprint density at radius 1 is 1.48 bits per heavy atom. The van der Waals surface area contributed by atoms with Gasteiger partial charge in [0.2, 0.25) is 0 Å². The van der Waals surface area contributed by atoms with Gasteiger partial charge in [0, 0.05) is 38.9 Å². The van der Waals surface area contributed by atoms with Gasteiger partial charge in [-0.2, -0.15) is 0 Å². The number of carbonyl (C=O) groups excluding carboxylic acids is 1. The lowest BCUT2D eigenvalue weighted by Crippen LogP contribution is -2.46. The molecule has 2 aromatic heterocycles. The molecule has 0 spiro atoms. The van der Waals surface area contributed by atoms with E-state index in [-0.39, 0.29) is 22.5 Å². The van der Waals surface area contributed by atoms with E-state index in [1.54, 1.807) is 0 Å². The van der Waals surface area contributed by atoms with Crippen LogP contribution < -0.4 is 16.6 Å². The molecular formula is C16H21N5O4. The Kier molecular flexibility index (Phi) is 4.95. The van der Waals surface area contributed by atoms with Crippen molar-refractivity contribution in [3.8, 4) is 0 Å². The molecule has 1 saturated heterocycles. The van der Waals surface area contributed by atoms with Gasteiger partial charge < -0.3 is 10.1 Å². The summed E-state index contributed by atoms with van der Waals surface area (Å²) in [5.74, 6) is -0.302. The summed E-state index contributed by atoms with van der Waals surface area (Å²) < 4.78 is 6.62. The molecule has 0 aliphatic carbocycles. The Labute approximate surface area is 143 Å². The van der Waals surface area contributed by atoms with Crippen molar-refractivity contribution in [1.29, 1.82) is 0 Å². The maximum Gasteiger partial charge on any atom is 0.329 e. The predicted octanol–water partition coefficient (Wildman–Crippen LogP) is -0.928. The maximum atomic E-state index is 12.3. The lowest BCUT2D eigenvalue weighted by molar-refractivity contribution is 0.000540. The maximum absolute atomic E-state index is 12.3. The van der Waals surface area contributed by atoms with Gasteiger partial charge in [0.05, 0.1) is 24.2 Å². The highest BCUT2D eigenvalue weighted by molar-refractivity contribution is 5.96. The highest BCUT2D eigenvalue weighted by Gasteiger charge is 2.18. The summed E-state index contributed by atoms with van der Waals surface area (Å²) >= 11 is 0. The number of ether oxygens (including phenoxy) is 1. The number of nitrogens with one attached hydrogen (secondary N) is 2. The van der Waals surface area contributed by atoms with Crippen LogP contribution in [0.3, 0.4) is 0 Å². The molecule has 0 bridgehead atoms. The zero-order valence-corrected chi connectivity index (χ0v) is 14.2. The van der Waals surface area contributed by atoms with E-state index < -0.39 is 11.2 Å². The molecular weight excluding hydrogens is 326 g/mol. The van der Waals surface area contributed by atoms with Gasteiger partial charge in [0.25, 0.3) is 11.5 Å². The second-order valence-corrected chi connectivity index (χ2v) is 6.13. The minimum atomic E-state index is -0.553. The first-order valence-corrected chi connectivity index (χ1v) is 8.16. The summed E-state index contributed by atoms with van der Waals surface area (Å²) in [4.78, 5) is 44.3. The van der Waals surface area contributed by atoms with E-state index >= 15 is 0 Å². The molecule has 1 aliphatic heterocycles. The van der Waals surface area contributed by atoms with Gasteiger partial charge >= 0.3 is 5.69 Å². The van der Waals surface area contributed by atoms with Gasteiger partial charge in [-0.1, -0.05) is 0 Å². The number of aryl methyl sites for hydroxylation is 1. The Morgan fingerprint density at radius 3 is 3.04 bits per heavy atom. The fourth-order valence-corrected chi connectivity index (χ4v) is 2.87. The van der Waals surface area contributed by atoms with E-state index in [2.05, 4.69) is 27.1 Å². The summed E-state index contributed by atoms with van der Waals surface area (Å²) in [6.07, 6.45) is 1.37. The van der Waals surface area contributed by atoms with E-state index in [1.165, 1.54) is 23.9 Å². The number of rotatable bonds is 4. The number of aromatic amines is 1. The van der Waals surface area contributed by atoms with Crippen LogP contribution in [0.1, 0.15) is 17.3 Å². The van der Waals surface area contributed by atoms with Crippen molar-refractivity contribution < 1.29 is 9.53 Å². The molecule has 0 radical (unpaired) electrons. The number of carbonyl (C=O) groups is 1. The highest BCUT2D eigenvalue weighted by Crippen LogP contribution is 2.07.